The molecule has 3 atom stereocenters. The summed E-state index contributed by atoms with van der Waals surface area (Å²) < 4.78 is 17.1. The van der Waals surface area contributed by atoms with E-state index in [1.165, 1.54) is 0 Å². The van der Waals surface area contributed by atoms with Crippen LogP contribution in [0.3, 0.4) is 0 Å². The first kappa shape index (κ1) is 30.6. The van der Waals surface area contributed by atoms with E-state index in [0.29, 0.717) is 48.3 Å². The van der Waals surface area contributed by atoms with Crippen molar-refractivity contribution in [2.75, 3.05) is 44.2 Å². The molecule has 3 aromatic rings. The van der Waals surface area contributed by atoms with Gasteiger partial charge in [0.1, 0.15) is 11.9 Å². The average Bonchev–Trinajstić information content (AvgIpc) is 3.47. The predicted molar refractivity (Wildman–Crippen MR) is 163 cm³/mol. The Kier molecular flexibility index (Phi) is 9.21. The van der Waals surface area contributed by atoms with E-state index in [2.05, 4.69) is 15.5 Å². The number of hydrogen-bond acceptors (Lipinski definition) is 8. The Bertz CT molecular complexity index is 1530. The number of carbonyl (C=O) groups is 3. The smallest absolute Gasteiger partial charge is 0.335 e. The molecule has 2 aliphatic heterocycles. The van der Waals surface area contributed by atoms with E-state index >= 15 is 0 Å². The van der Waals surface area contributed by atoms with Gasteiger partial charge in [-0.3, -0.25) is 9.69 Å². The van der Waals surface area contributed by atoms with E-state index in [-0.39, 0.29) is 42.5 Å². The summed E-state index contributed by atoms with van der Waals surface area (Å²) in [6, 6.07) is 15.8. The SMILES string of the molecule is C[C@@H]1CN([C@H](C)CO)C(=O)c2cc(NC(=O)Nc3ccc4c(c3)OCO4)ccc2O[C@@H]1CN(C)Cc1ccc(C(=O)O)cc1. The van der Waals surface area contributed by atoms with E-state index < -0.39 is 18.0 Å². The number of anilines is 2. The number of aromatic carboxylic acids is 1. The lowest BCUT2D eigenvalue weighted by molar-refractivity contribution is 0.0341. The van der Waals surface area contributed by atoms with Crippen LogP contribution in [0.5, 0.6) is 17.2 Å². The number of aliphatic hydroxyl groups excluding tert-OH is 1. The lowest BCUT2D eigenvalue weighted by atomic mass is 9.99. The van der Waals surface area contributed by atoms with E-state index in [0.717, 1.165) is 5.56 Å². The summed E-state index contributed by atoms with van der Waals surface area (Å²) in [4.78, 5) is 41.5. The highest BCUT2D eigenvalue weighted by Crippen LogP contribution is 2.34. The van der Waals surface area contributed by atoms with Gasteiger partial charge < -0.3 is 40.0 Å². The van der Waals surface area contributed by atoms with Crippen LogP contribution >= 0.6 is 0 Å². The van der Waals surface area contributed by atoms with Crippen LogP contribution in [0.25, 0.3) is 0 Å². The van der Waals surface area contributed by atoms with Gasteiger partial charge in [-0.2, -0.15) is 0 Å². The second kappa shape index (κ2) is 13.2. The fraction of sp³-hybridized carbons (Fsp3) is 0.344. The largest absolute Gasteiger partial charge is 0.488 e. The zero-order valence-electron chi connectivity index (χ0n) is 24.8. The molecule has 0 fully saturated rings. The number of hydrogen-bond donors (Lipinski definition) is 4. The third kappa shape index (κ3) is 7.04. The first-order valence-electron chi connectivity index (χ1n) is 14.3. The molecular formula is C32H36N4O8. The molecule has 0 unspecified atom stereocenters. The minimum absolute atomic E-state index is 0.0804. The molecule has 12 heteroatoms. The van der Waals surface area contributed by atoms with Gasteiger partial charge in [0, 0.05) is 43.0 Å². The van der Waals surface area contributed by atoms with Gasteiger partial charge in [0.2, 0.25) is 6.79 Å². The first-order chi connectivity index (χ1) is 21.1. The Morgan fingerprint density at radius 1 is 1.00 bits per heavy atom. The number of likely N-dealkylation sites (N-methyl/N-ethyl adjacent to an activating group) is 1. The second-order valence-electron chi connectivity index (χ2n) is 11.2. The van der Waals surface area contributed by atoms with E-state index in [4.69, 9.17) is 14.2 Å². The first-order valence-corrected chi connectivity index (χ1v) is 14.3. The normalized spacial score (nSPS) is 18.1. The van der Waals surface area contributed by atoms with Crippen LogP contribution in [0.4, 0.5) is 16.2 Å². The van der Waals surface area contributed by atoms with E-state index in [1.807, 2.05) is 14.0 Å². The third-order valence-electron chi connectivity index (χ3n) is 7.70. The lowest BCUT2D eigenvalue weighted by Crippen LogP contribution is -2.49. The van der Waals surface area contributed by atoms with Gasteiger partial charge in [0.05, 0.1) is 23.8 Å². The highest BCUT2D eigenvalue weighted by atomic mass is 16.7. The van der Waals surface area contributed by atoms with Crippen molar-refractivity contribution in [2.45, 2.75) is 32.5 Å². The van der Waals surface area contributed by atoms with Gasteiger partial charge in [0.25, 0.3) is 5.91 Å². The number of rotatable bonds is 9. The van der Waals surface area contributed by atoms with Crippen molar-refractivity contribution in [3.8, 4) is 17.2 Å². The molecule has 4 N–H and O–H groups in total. The number of carbonyl (C=O) groups excluding carboxylic acids is 2. The summed E-state index contributed by atoms with van der Waals surface area (Å²) >= 11 is 0. The Balaban J connectivity index is 1.33. The van der Waals surface area contributed by atoms with Gasteiger partial charge in [0.15, 0.2) is 11.5 Å². The summed E-state index contributed by atoms with van der Waals surface area (Å²) in [5, 5.41) is 24.6. The molecule has 2 aliphatic rings. The fourth-order valence-corrected chi connectivity index (χ4v) is 5.22. The number of nitrogens with one attached hydrogen (secondary N) is 2. The Labute approximate surface area is 255 Å². The molecule has 3 amide bonds. The van der Waals surface area contributed by atoms with Crippen molar-refractivity contribution in [3.05, 3.63) is 77.4 Å². The highest BCUT2D eigenvalue weighted by Gasteiger charge is 2.33. The van der Waals surface area contributed by atoms with Crippen LogP contribution in [-0.4, -0.2) is 83.6 Å². The molecule has 0 saturated heterocycles. The molecule has 0 aromatic heterocycles. The molecular weight excluding hydrogens is 568 g/mol. The standard InChI is InChI=1S/C32H36N4O8/c1-19-14-36(20(2)17-37)30(38)25-12-23(33-32(41)34-24-9-11-27-28(13-24)43-18-42-27)8-10-26(25)44-29(19)16-35(3)15-21-4-6-22(7-5-21)31(39)40/h4-13,19-20,29,37H,14-18H2,1-3H3,(H,39,40)(H2,33,34,41)/t19-,20-,29-/m1/s1. The predicted octanol–water partition coefficient (Wildman–Crippen LogP) is 4.11. The van der Waals surface area contributed by atoms with Crippen molar-refractivity contribution in [1.29, 1.82) is 0 Å². The fourth-order valence-electron chi connectivity index (χ4n) is 5.22. The van der Waals surface area contributed by atoms with Gasteiger partial charge in [-0.15, -0.1) is 0 Å². The Hall–Kier alpha value is -4.81. The maximum absolute atomic E-state index is 13.7. The van der Waals surface area contributed by atoms with Crippen molar-refractivity contribution in [3.63, 3.8) is 0 Å². The zero-order chi connectivity index (χ0) is 31.4. The second-order valence-corrected chi connectivity index (χ2v) is 11.2. The molecule has 0 bridgehead atoms. The van der Waals surface area contributed by atoms with E-state index in [1.54, 1.807) is 72.5 Å². The summed E-state index contributed by atoms with van der Waals surface area (Å²) in [5.74, 6) is 0.158. The van der Waals surface area contributed by atoms with Gasteiger partial charge >= 0.3 is 12.0 Å². The minimum Gasteiger partial charge on any atom is -0.488 e. The Morgan fingerprint density at radius 3 is 2.34 bits per heavy atom. The summed E-state index contributed by atoms with van der Waals surface area (Å²) in [6.45, 7) is 5.16. The number of ether oxygens (including phenoxy) is 3. The number of carboxylic acids is 1. The van der Waals surface area contributed by atoms with Crippen LogP contribution < -0.4 is 24.8 Å². The number of urea groups is 1. The molecule has 0 aliphatic carbocycles. The lowest BCUT2D eigenvalue weighted by Gasteiger charge is -2.38. The van der Waals surface area contributed by atoms with Crippen LogP contribution in [0.15, 0.2) is 60.7 Å². The zero-order valence-corrected chi connectivity index (χ0v) is 24.8. The minimum atomic E-state index is -0.972. The van der Waals surface area contributed by atoms with Gasteiger partial charge in [-0.05, 0) is 62.0 Å². The molecule has 12 nitrogen and oxygen atoms in total. The third-order valence-corrected chi connectivity index (χ3v) is 7.70. The molecule has 232 valence electrons. The maximum Gasteiger partial charge on any atom is 0.335 e. The molecule has 3 aromatic carbocycles. The number of benzene rings is 3. The highest BCUT2D eigenvalue weighted by molar-refractivity contribution is 6.02. The summed E-state index contributed by atoms with van der Waals surface area (Å²) in [6.07, 6.45) is -0.313. The molecule has 44 heavy (non-hydrogen) atoms. The van der Waals surface area contributed by atoms with Crippen LogP contribution in [0.1, 0.15) is 40.1 Å². The number of amides is 3. The quantitative estimate of drug-likeness (QED) is 0.283. The molecule has 0 saturated carbocycles. The topological polar surface area (TPSA) is 150 Å². The monoisotopic (exact) mass is 604 g/mol. The maximum atomic E-state index is 13.7. The average molecular weight is 605 g/mol. The van der Waals surface area contributed by atoms with Crippen molar-refractivity contribution in [2.24, 2.45) is 5.92 Å². The molecule has 2 heterocycles. The molecule has 0 spiro atoms. The molecule has 5 rings (SSSR count). The van der Waals surface area contributed by atoms with Crippen molar-refractivity contribution >= 4 is 29.3 Å². The van der Waals surface area contributed by atoms with E-state index in [9.17, 15) is 24.6 Å². The van der Waals surface area contributed by atoms with Crippen LogP contribution in [0, 0.1) is 5.92 Å². The van der Waals surface area contributed by atoms with Gasteiger partial charge in [-0.1, -0.05) is 19.1 Å². The number of carboxylic acid groups (broad SMARTS) is 1. The summed E-state index contributed by atoms with van der Waals surface area (Å²) in [7, 11) is 1.95. The number of aliphatic hydroxyl groups is 1. The summed E-state index contributed by atoms with van der Waals surface area (Å²) in [5.41, 5.74) is 2.36. The van der Waals surface area contributed by atoms with Crippen LogP contribution in [0.2, 0.25) is 0 Å². The number of nitrogens with zero attached hydrogens (tertiary/aromatic N) is 2. The Morgan fingerprint density at radius 2 is 1.66 bits per heavy atom. The van der Waals surface area contributed by atoms with Crippen LogP contribution in [-0.2, 0) is 6.54 Å². The van der Waals surface area contributed by atoms with Gasteiger partial charge in [-0.25, -0.2) is 9.59 Å². The van der Waals surface area contributed by atoms with Crippen molar-refractivity contribution in [1.82, 2.24) is 9.80 Å². The number of fused-ring (bicyclic) bond motifs is 2. The van der Waals surface area contributed by atoms with Crippen molar-refractivity contribution < 1.29 is 38.8 Å². The molecule has 0 radical (unpaired) electrons.